The van der Waals surface area contributed by atoms with Gasteiger partial charge in [-0.3, -0.25) is 4.68 Å². The first-order valence-corrected chi connectivity index (χ1v) is 6.95. The molecule has 0 aromatic carbocycles. The van der Waals surface area contributed by atoms with E-state index in [-0.39, 0.29) is 0 Å². The predicted molar refractivity (Wildman–Crippen MR) is 71.0 cm³/mol. The van der Waals surface area contributed by atoms with Crippen molar-refractivity contribution in [1.82, 2.24) is 15.1 Å². The zero-order valence-electron chi connectivity index (χ0n) is 11.2. The van der Waals surface area contributed by atoms with E-state index >= 15 is 0 Å². The largest absolute Gasteiger partial charge is 0.314 e. The van der Waals surface area contributed by atoms with Gasteiger partial charge < -0.3 is 5.32 Å². The number of hydrogen-bond acceptors (Lipinski definition) is 2. The molecule has 1 N–H and O–H groups in total. The summed E-state index contributed by atoms with van der Waals surface area (Å²) in [6.07, 6.45) is 12.0. The van der Waals surface area contributed by atoms with E-state index in [2.05, 4.69) is 23.5 Å². The molecule has 0 saturated carbocycles. The van der Waals surface area contributed by atoms with Crippen LogP contribution < -0.4 is 5.32 Å². The summed E-state index contributed by atoms with van der Waals surface area (Å²) in [4.78, 5) is 0. The number of piperidine rings is 1. The van der Waals surface area contributed by atoms with Crippen molar-refractivity contribution in [3.63, 3.8) is 0 Å². The molecule has 96 valence electrons. The van der Waals surface area contributed by atoms with Crippen LogP contribution in [-0.2, 0) is 13.5 Å². The summed E-state index contributed by atoms with van der Waals surface area (Å²) in [6.45, 7) is 3.60. The van der Waals surface area contributed by atoms with Crippen molar-refractivity contribution in [2.45, 2.75) is 51.5 Å². The smallest absolute Gasteiger partial charge is 0.0521 e. The van der Waals surface area contributed by atoms with E-state index in [1.165, 1.54) is 50.6 Å². The number of aromatic nitrogens is 2. The van der Waals surface area contributed by atoms with Gasteiger partial charge in [-0.05, 0) is 50.1 Å². The maximum absolute atomic E-state index is 4.21. The molecule has 0 aliphatic carbocycles. The maximum Gasteiger partial charge on any atom is 0.0521 e. The molecule has 0 amide bonds. The van der Waals surface area contributed by atoms with Crippen molar-refractivity contribution >= 4 is 0 Å². The molecule has 1 aromatic rings. The average molecular weight is 235 g/mol. The third-order valence-electron chi connectivity index (χ3n) is 3.78. The highest BCUT2D eigenvalue weighted by molar-refractivity contribution is 5.03. The standard InChI is InChI=1S/C14H25N3/c1-12(9-14-5-3-4-8-15-14)6-7-13-10-16-17(2)11-13/h10-12,14-15H,3-9H2,1-2H3. The van der Waals surface area contributed by atoms with Crippen LogP contribution in [0.15, 0.2) is 12.4 Å². The van der Waals surface area contributed by atoms with Crippen molar-refractivity contribution < 1.29 is 0 Å². The van der Waals surface area contributed by atoms with Crippen LogP contribution in [0, 0.1) is 5.92 Å². The minimum atomic E-state index is 0.771. The van der Waals surface area contributed by atoms with Gasteiger partial charge in [-0.15, -0.1) is 0 Å². The van der Waals surface area contributed by atoms with E-state index in [1.54, 1.807) is 0 Å². The summed E-state index contributed by atoms with van der Waals surface area (Å²) in [5, 5.41) is 7.85. The number of nitrogens with zero attached hydrogens (tertiary/aromatic N) is 2. The summed E-state index contributed by atoms with van der Waals surface area (Å²) < 4.78 is 1.89. The van der Waals surface area contributed by atoms with E-state index in [4.69, 9.17) is 0 Å². The minimum absolute atomic E-state index is 0.771. The molecule has 1 fully saturated rings. The molecule has 2 atom stereocenters. The SMILES string of the molecule is CC(CCc1cnn(C)c1)CC1CCCCN1. The molecule has 1 aliphatic heterocycles. The van der Waals surface area contributed by atoms with Crippen LogP contribution in [0.1, 0.15) is 44.6 Å². The molecule has 1 aliphatic rings. The third kappa shape index (κ3) is 4.15. The normalized spacial score (nSPS) is 22.6. The lowest BCUT2D eigenvalue weighted by Gasteiger charge is -2.26. The van der Waals surface area contributed by atoms with Gasteiger partial charge in [-0.1, -0.05) is 13.3 Å². The van der Waals surface area contributed by atoms with Gasteiger partial charge in [0.1, 0.15) is 0 Å². The molecule has 0 spiro atoms. The second-order valence-electron chi connectivity index (χ2n) is 5.55. The van der Waals surface area contributed by atoms with Crippen molar-refractivity contribution in [3.05, 3.63) is 18.0 Å². The first kappa shape index (κ1) is 12.6. The number of aryl methyl sites for hydroxylation is 2. The van der Waals surface area contributed by atoms with Crippen LogP contribution in [0.25, 0.3) is 0 Å². The van der Waals surface area contributed by atoms with E-state index in [9.17, 15) is 0 Å². The molecule has 1 saturated heterocycles. The number of hydrogen-bond donors (Lipinski definition) is 1. The monoisotopic (exact) mass is 235 g/mol. The molecule has 2 rings (SSSR count). The first-order chi connectivity index (χ1) is 8.24. The quantitative estimate of drug-likeness (QED) is 0.850. The van der Waals surface area contributed by atoms with Gasteiger partial charge >= 0.3 is 0 Å². The fourth-order valence-corrected chi connectivity index (χ4v) is 2.74. The topological polar surface area (TPSA) is 29.9 Å². The molecule has 3 nitrogen and oxygen atoms in total. The van der Waals surface area contributed by atoms with E-state index < -0.39 is 0 Å². The van der Waals surface area contributed by atoms with E-state index in [1.807, 2.05) is 17.9 Å². The molecule has 2 heterocycles. The fourth-order valence-electron chi connectivity index (χ4n) is 2.74. The van der Waals surface area contributed by atoms with Crippen LogP contribution >= 0.6 is 0 Å². The van der Waals surface area contributed by atoms with Crippen LogP contribution in [0.2, 0.25) is 0 Å². The van der Waals surface area contributed by atoms with Gasteiger partial charge in [0, 0.05) is 19.3 Å². The molecular formula is C14H25N3. The maximum atomic E-state index is 4.21. The van der Waals surface area contributed by atoms with Gasteiger partial charge in [-0.25, -0.2) is 0 Å². The minimum Gasteiger partial charge on any atom is -0.314 e. The summed E-state index contributed by atoms with van der Waals surface area (Å²) in [7, 11) is 1.98. The first-order valence-electron chi connectivity index (χ1n) is 6.95. The second kappa shape index (κ2) is 6.20. The van der Waals surface area contributed by atoms with Crippen molar-refractivity contribution in [2.75, 3.05) is 6.54 Å². The lowest BCUT2D eigenvalue weighted by Crippen LogP contribution is -2.35. The Kier molecular flexibility index (Phi) is 4.60. The third-order valence-corrected chi connectivity index (χ3v) is 3.78. The second-order valence-corrected chi connectivity index (χ2v) is 5.55. The average Bonchev–Trinajstić information content (AvgIpc) is 2.74. The summed E-state index contributed by atoms with van der Waals surface area (Å²) in [5.74, 6) is 0.811. The summed E-state index contributed by atoms with van der Waals surface area (Å²) in [5.41, 5.74) is 1.37. The zero-order valence-corrected chi connectivity index (χ0v) is 11.2. The van der Waals surface area contributed by atoms with Crippen molar-refractivity contribution in [2.24, 2.45) is 13.0 Å². The Labute approximate surface area is 105 Å². The molecule has 3 heteroatoms. The lowest BCUT2D eigenvalue weighted by atomic mass is 9.91. The molecular weight excluding hydrogens is 210 g/mol. The van der Waals surface area contributed by atoms with Crippen LogP contribution in [0.4, 0.5) is 0 Å². The Morgan fingerprint density at radius 1 is 1.53 bits per heavy atom. The van der Waals surface area contributed by atoms with Crippen molar-refractivity contribution in [3.8, 4) is 0 Å². The highest BCUT2D eigenvalue weighted by Gasteiger charge is 2.15. The molecule has 2 unspecified atom stereocenters. The number of nitrogens with one attached hydrogen (secondary N) is 1. The van der Waals surface area contributed by atoms with Crippen LogP contribution in [0.5, 0.6) is 0 Å². The van der Waals surface area contributed by atoms with E-state index in [0.29, 0.717) is 0 Å². The molecule has 17 heavy (non-hydrogen) atoms. The Balaban J connectivity index is 1.68. The molecule has 0 radical (unpaired) electrons. The van der Waals surface area contributed by atoms with Gasteiger partial charge in [0.2, 0.25) is 0 Å². The molecule has 1 aromatic heterocycles. The summed E-state index contributed by atoms with van der Waals surface area (Å²) >= 11 is 0. The fraction of sp³-hybridized carbons (Fsp3) is 0.786. The van der Waals surface area contributed by atoms with Crippen LogP contribution in [0.3, 0.4) is 0 Å². The van der Waals surface area contributed by atoms with Gasteiger partial charge in [0.25, 0.3) is 0 Å². The predicted octanol–water partition coefficient (Wildman–Crippen LogP) is 2.52. The molecule has 0 bridgehead atoms. The van der Waals surface area contributed by atoms with Gasteiger partial charge in [0.05, 0.1) is 6.20 Å². The highest BCUT2D eigenvalue weighted by Crippen LogP contribution is 2.19. The lowest BCUT2D eigenvalue weighted by molar-refractivity contribution is 0.329. The van der Waals surface area contributed by atoms with Crippen molar-refractivity contribution in [1.29, 1.82) is 0 Å². The summed E-state index contributed by atoms with van der Waals surface area (Å²) in [6, 6.07) is 0.771. The number of rotatable bonds is 5. The Morgan fingerprint density at radius 2 is 2.41 bits per heavy atom. The van der Waals surface area contributed by atoms with Gasteiger partial charge in [0.15, 0.2) is 0 Å². The zero-order chi connectivity index (χ0) is 12.1. The Hall–Kier alpha value is -0.830. The van der Waals surface area contributed by atoms with E-state index in [0.717, 1.165) is 12.0 Å². The highest BCUT2D eigenvalue weighted by atomic mass is 15.2. The van der Waals surface area contributed by atoms with Crippen LogP contribution in [-0.4, -0.2) is 22.4 Å². The Morgan fingerprint density at radius 3 is 3.06 bits per heavy atom. The Bertz CT molecular complexity index is 326. The van der Waals surface area contributed by atoms with Gasteiger partial charge in [-0.2, -0.15) is 5.10 Å².